The van der Waals surface area contributed by atoms with Crippen molar-refractivity contribution in [2.24, 2.45) is 0 Å². The summed E-state index contributed by atoms with van der Waals surface area (Å²) in [6, 6.07) is 6.71. The number of imidazole rings is 1. The zero-order valence-corrected chi connectivity index (χ0v) is 14.7. The van der Waals surface area contributed by atoms with Crippen molar-refractivity contribution in [3.63, 3.8) is 0 Å². The standard InChI is InChI=1S/C17H24BrN3/c1-4-10-21-11-9-20-17(21)12-16(19-5-2)14-7-6-8-15(18)13(14)3/h6-9,11,16,19H,4-5,10,12H2,1-3H3. The number of likely N-dealkylation sites (N-methyl/N-ethyl adjacent to an activating group) is 1. The van der Waals surface area contributed by atoms with Crippen molar-refractivity contribution in [1.82, 2.24) is 14.9 Å². The van der Waals surface area contributed by atoms with Gasteiger partial charge in [-0.15, -0.1) is 0 Å². The fourth-order valence-corrected chi connectivity index (χ4v) is 3.08. The number of aromatic nitrogens is 2. The van der Waals surface area contributed by atoms with Gasteiger partial charge in [0.05, 0.1) is 0 Å². The van der Waals surface area contributed by atoms with Crippen LogP contribution in [-0.2, 0) is 13.0 Å². The third-order valence-electron chi connectivity index (χ3n) is 3.79. The SMILES string of the molecule is CCCn1ccnc1CC(NCC)c1cccc(Br)c1C. The minimum absolute atomic E-state index is 0.297. The second kappa shape index (κ2) is 7.76. The summed E-state index contributed by atoms with van der Waals surface area (Å²) in [6.45, 7) is 8.50. The molecule has 0 bridgehead atoms. The Morgan fingerprint density at radius 2 is 2.14 bits per heavy atom. The van der Waals surface area contributed by atoms with Gasteiger partial charge >= 0.3 is 0 Å². The zero-order chi connectivity index (χ0) is 15.2. The molecular formula is C17H24BrN3. The summed E-state index contributed by atoms with van der Waals surface area (Å²) in [7, 11) is 0. The summed E-state index contributed by atoms with van der Waals surface area (Å²) in [5.41, 5.74) is 2.65. The molecule has 2 aromatic rings. The molecule has 1 aromatic carbocycles. The number of hydrogen-bond donors (Lipinski definition) is 1. The van der Waals surface area contributed by atoms with Gasteiger partial charge in [-0.3, -0.25) is 0 Å². The molecule has 1 atom stereocenters. The van der Waals surface area contributed by atoms with Crippen molar-refractivity contribution in [3.8, 4) is 0 Å². The number of rotatable bonds is 7. The van der Waals surface area contributed by atoms with Crippen molar-refractivity contribution in [1.29, 1.82) is 0 Å². The first kappa shape index (κ1) is 16.2. The van der Waals surface area contributed by atoms with Crippen molar-refractivity contribution < 1.29 is 0 Å². The van der Waals surface area contributed by atoms with Gasteiger partial charge in [-0.05, 0) is 37.1 Å². The van der Waals surface area contributed by atoms with E-state index in [1.54, 1.807) is 0 Å². The van der Waals surface area contributed by atoms with E-state index >= 15 is 0 Å². The van der Waals surface area contributed by atoms with Crippen LogP contribution in [0.1, 0.15) is 43.3 Å². The summed E-state index contributed by atoms with van der Waals surface area (Å²) in [6.07, 6.45) is 6.03. The molecule has 0 amide bonds. The molecule has 0 aliphatic rings. The van der Waals surface area contributed by atoms with E-state index in [0.717, 1.165) is 31.8 Å². The van der Waals surface area contributed by atoms with Gasteiger partial charge in [0.1, 0.15) is 5.82 Å². The topological polar surface area (TPSA) is 29.9 Å². The summed E-state index contributed by atoms with van der Waals surface area (Å²) in [5, 5.41) is 3.60. The highest BCUT2D eigenvalue weighted by Gasteiger charge is 2.17. The number of hydrogen-bond acceptors (Lipinski definition) is 2. The number of nitrogens with one attached hydrogen (secondary N) is 1. The highest BCUT2D eigenvalue weighted by atomic mass is 79.9. The number of nitrogens with zero attached hydrogens (tertiary/aromatic N) is 2. The van der Waals surface area contributed by atoms with Crippen molar-refractivity contribution in [2.75, 3.05) is 6.54 Å². The predicted octanol–water partition coefficient (Wildman–Crippen LogP) is 4.26. The van der Waals surface area contributed by atoms with Crippen LogP contribution < -0.4 is 5.32 Å². The average Bonchev–Trinajstić information content (AvgIpc) is 2.89. The smallest absolute Gasteiger partial charge is 0.110 e. The molecule has 0 spiro atoms. The van der Waals surface area contributed by atoms with E-state index in [0.29, 0.717) is 6.04 Å². The van der Waals surface area contributed by atoms with Crippen LogP contribution in [0.3, 0.4) is 0 Å². The summed E-state index contributed by atoms with van der Waals surface area (Å²) >= 11 is 3.63. The van der Waals surface area contributed by atoms with E-state index in [1.165, 1.54) is 15.6 Å². The van der Waals surface area contributed by atoms with E-state index in [2.05, 4.69) is 76.0 Å². The van der Waals surface area contributed by atoms with Crippen LogP contribution in [-0.4, -0.2) is 16.1 Å². The van der Waals surface area contributed by atoms with Crippen LogP contribution in [0.15, 0.2) is 35.1 Å². The average molecular weight is 350 g/mol. The van der Waals surface area contributed by atoms with Gasteiger partial charge in [0.2, 0.25) is 0 Å². The number of aryl methyl sites for hydroxylation is 1. The van der Waals surface area contributed by atoms with E-state index in [9.17, 15) is 0 Å². The molecule has 0 radical (unpaired) electrons. The lowest BCUT2D eigenvalue weighted by Gasteiger charge is -2.21. The molecular weight excluding hydrogens is 326 g/mol. The lowest BCUT2D eigenvalue weighted by atomic mass is 9.98. The number of benzene rings is 1. The Hall–Kier alpha value is -1.13. The molecule has 0 saturated carbocycles. The number of halogens is 1. The molecule has 1 N–H and O–H groups in total. The van der Waals surface area contributed by atoms with E-state index in [1.807, 2.05) is 6.20 Å². The molecule has 114 valence electrons. The molecule has 0 aliphatic carbocycles. The maximum absolute atomic E-state index is 4.55. The monoisotopic (exact) mass is 349 g/mol. The molecule has 3 nitrogen and oxygen atoms in total. The normalized spacial score (nSPS) is 12.6. The van der Waals surface area contributed by atoms with Crippen LogP contribution in [0.2, 0.25) is 0 Å². The first-order valence-corrected chi connectivity index (χ1v) is 8.45. The first-order chi connectivity index (χ1) is 10.2. The molecule has 4 heteroatoms. The van der Waals surface area contributed by atoms with Crippen LogP contribution >= 0.6 is 15.9 Å². The second-order valence-corrected chi connectivity index (χ2v) is 6.16. The Labute approximate surface area is 135 Å². The first-order valence-electron chi connectivity index (χ1n) is 7.65. The van der Waals surface area contributed by atoms with Crippen molar-refractivity contribution >= 4 is 15.9 Å². The van der Waals surface area contributed by atoms with Crippen LogP contribution in [0.5, 0.6) is 0 Å². The van der Waals surface area contributed by atoms with Gasteiger partial charge < -0.3 is 9.88 Å². The van der Waals surface area contributed by atoms with Crippen molar-refractivity contribution in [2.45, 2.75) is 46.2 Å². The quantitative estimate of drug-likeness (QED) is 0.809. The summed E-state index contributed by atoms with van der Waals surface area (Å²) in [4.78, 5) is 4.55. The maximum atomic E-state index is 4.55. The van der Waals surface area contributed by atoms with Gasteiger partial charge in [-0.2, -0.15) is 0 Å². The fraction of sp³-hybridized carbons (Fsp3) is 0.471. The zero-order valence-electron chi connectivity index (χ0n) is 13.1. The van der Waals surface area contributed by atoms with Gasteiger partial charge in [0.15, 0.2) is 0 Å². The van der Waals surface area contributed by atoms with Crippen LogP contribution in [0.4, 0.5) is 0 Å². The predicted molar refractivity (Wildman–Crippen MR) is 91.5 cm³/mol. The van der Waals surface area contributed by atoms with E-state index in [-0.39, 0.29) is 0 Å². The highest BCUT2D eigenvalue weighted by Crippen LogP contribution is 2.26. The Morgan fingerprint density at radius 3 is 2.86 bits per heavy atom. The molecule has 1 aromatic heterocycles. The molecule has 2 rings (SSSR count). The Morgan fingerprint density at radius 1 is 1.33 bits per heavy atom. The Bertz CT molecular complexity index is 577. The summed E-state index contributed by atoms with van der Waals surface area (Å²) in [5.74, 6) is 1.15. The van der Waals surface area contributed by atoms with Crippen LogP contribution in [0, 0.1) is 6.92 Å². The third kappa shape index (κ3) is 3.95. The highest BCUT2D eigenvalue weighted by molar-refractivity contribution is 9.10. The van der Waals surface area contributed by atoms with E-state index < -0.39 is 0 Å². The molecule has 0 saturated heterocycles. The van der Waals surface area contributed by atoms with Crippen molar-refractivity contribution in [3.05, 3.63) is 52.0 Å². The minimum atomic E-state index is 0.297. The molecule has 1 unspecified atom stereocenters. The Balaban J connectivity index is 2.26. The fourth-order valence-electron chi connectivity index (χ4n) is 2.70. The molecule has 0 aliphatic heterocycles. The largest absolute Gasteiger partial charge is 0.335 e. The third-order valence-corrected chi connectivity index (χ3v) is 4.65. The molecule has 21 heavy (non-hydrogen) atoms. The van der Waals surface area contributed by atoms with Crippen LogP contribution in [0.25, 0.3) is 0 Å². The van der Waals surface area contributed by atoms with Gasteiger partial charge in [0, 0.05) is 35.9 Å². The Kier molecular flexibility index (Phi) is 6.00. The van der Waals surface area contributed by atoms with Gasteiger partial charge in [0.25, 0.3) is 0 Å². The maximum Gasteiger partial charge on any atom is 0.110 e. The summed E-state index contributed by atoms with van der Waals surface area (Å²) < 4.78 is 3.43. The second-order valence-electron chi connectivity index (χ2n) is 5.31. The van der Waals surface area contributed by atoms with Gasteiger partial charge in [-0.1, -0.05) is 41.9 Å². The molecule has 0 fully saturated rings. The molecule has 1 heterocycles. The van der Waals surface area contributed by atoms with Gasteiger partial charge in [-0.25, -0.2) is 4.98 Å². The lowest BCUT2D eigenvalue weighted by Crippen LogP contribution is -2.25. The lowest BCUT2D eigenvalue weighted by molar-refractivity contribution is 0.514. The minimum Gasteiger partial charge on any atom is -0.335 e. The van der Waals surface area contributed by atoms with E-state index in [4.69, 9.17) is 0 Å².